The average molecular weight is 481 g/mol. The molecule has 9 heteroatoms. The molecule has 2 aliphatic rings. The van der Waals surface area contributed by atoms with Crippen molar-refractivity contribution in [3.63, 3.8) is 0 Å². The molecule has 0 unspecified atom stereocenters. The first-order chi connectivity index (χ1) is 16.8. The normalized spacial score (nSPS) is 22.9. The number of benzene rings is 3. The fourth-order valence-electron chi connectivity index (χ4n) is 5.39. The molecule has 6 nitrogen and oxygen atoms in total. The third-order valence-corrected chi connectivity index (χ3v) is 6.87. The second-order valence-corrected chi connectivity index (χ2v) is 8.59. The maximum atomic E-state index is 13.9. The van der Waals surface area contributed by atoms with Gasteiger partial charge in [-0.05, 0) is 72.8 Å². The van der Waals surface area contributed by atoms with Crippen molar-refractivity contribution >= 4 is 23.5 Å². The Balaban J connectivity index is 1.75. The molecule has 2 heterocycles. The summed E-state index contributed by atoms with van der Waals surface area (Å²) in [6.45, 7) is 0. The van der Waals surface area contributed by atoms with Crippen LogP contribution in [-0.4, -0.2) is 30.9 Å². The van der Waals surface area contributed by atoms with Gasteiger partial charge in [0.05, 0.1) is 12.8 Å². The molecular formula is C26H20F3N2O4+. The minimum atomic E-state index is -1.37. The van der Waals surface area contributed by atoms with Crippen LogP contribution in [0, 0.1) is 29.3 Å². The minimum Gasteiger partial charge on any atom is -0.465 e. The number of nitrogens with two attached hydrogens (primary N) is 1. The first kappa shape index (κ1) is 22.8. The number of carbonyl (C=O) groups excluding carboxylic acids is 3. The molecule has 5 rings (SSSR count). The van der Waals surface area contributed by atoms with Crippen molar-refractivity contribution in [3.8, 4) is 0 Å². The molecular weight excluding hydrogens is 461 g/mol. The Labute approximate surface area is 198 Å². The number of methoxy groups -OCH3 is 1. The van der Waals surface area contributed by atoms with Gasteiger partial charge in [-0.3, -0.25) is 9.59 Å². The van der Waals surface area contributed by atoms with Crippen LogP contribution in [-0.2, 0) is 24.7 Å². The lowest BCUT2D eigenvalue weighted by Gasteiger charge is -2.32. The van der Waals surface area contributed by atoms with Gasteiger partial charge in [0, 0.05) is 11.1 Å². The number of ether oxygens (including phenoxy) is 1. The Bertz CT molecular complexity index is 1260. The van der Waals surface area contributed by atoms with Crippen molar-refractivity contribution in [2.75, 3.05) is 12.0 Å². The molecule has 2 aliphatic heterocycles. The summed E-state index contributed by atoms with van der Waals surface area (Å²) in [4.78, 5) is 41.4. The topological polar surface area (TPSA) is 80.3 Å². The quantitative estimate of drug-likeness (QED) is 0.458. The molecule has 2 saturated heterocycles. The van der Waals surface area contributed by atoms with Gasteiger partial charge >= 0.3 is 5.97 Å². The molecule has 178 valence electrons. The van der Waals surface area contributed by atoms with Gasteiger partial charge in [-0.25, -0.2) is 22.9 Å². The van der Waals surface area contributed by atoms with E-state index in [0.717, 1.165) is 17.0 Å². The molecule has 0 aliphatic carbocycles. The van der Waals surface area contributed by atoms with E-state index in [4.69, 9.17) is 4.74 Å². The number of esters is 1. The van der Waals surface area contributed by atoms with Crippen LogP contribution in [0.15, 0.2) is 72.8 Å². The number of amides is 2. The summed E-state index contributed by atoms with van der Waals surface area (Å²) in [7, 11) is 1.18. The molecule has 3 aromatic rings. The number of hydrogen-bond donors (Lipinski definition) is 1. The summed E-state index contributed by atoms with van der Waals surface area (Å²) in [6, 6.07) is 14.5. The van der Waals surface area contributed by atoms with Crippen LogP contribution in [0.3, 0.4) is 0 Å². The molecule has 2 amide bonds. The van der Waals surface area contributed by atoms with Crippen LogP contribution >= 0.6 is 0 Å². The number of imide groups is 1. The van der Waals surface area contributed by atoms with Crippen molar-refractivity contribution in [1.29, 1.82) is 0 Å². The lowest BCUT2D eigenvalue weighted by Crippen LogP contribution is -2.99. The molecule has 3 aromatic carbocycles. The smallest absolute Gasteiger partial charge is 0.365 e. The molecule has 2 N–H and O–H groups in total. The Morgan fingerprint density at radius 1 is 0.800 bits per heavy atom. The van der Waals surface area contributed by atoms with Crippen LogP contribution in [0.1, 0.15) is 11.1 Å². The Kier molecular flexibility index (Phi) is 5.44. The van der Waals surface area contributed by atoms with Gasteiger partial charge in [-0.15, -0.1) is 0 Å². The summed E-state index contributed by atoms with van der Waals surface area (Å²) < 4.78 is 46.2. The van der Waals surface area contributed by atoms with Crippen LogP contribution in [0.2, 0.25) is 0 Å². The molecule has 3 atom stereocenters. The number of fused-ring (bicyclic) bond motifs is 1. The Hall–Kier alpha value is -3.98. The van der Waals surface area contributed by atoms with E-state index < -0.39 is 58.7 Å². The monoisotopic (exact) mass is 481 g/mol. The van der Waals surface area contributed by atoms with Gasteiger partial charge in [-0.1, -0.05) is 0 Å². The van der Waals surface area contributed by atoms with E-state index in [2.05, 4.69) is 0 Å². The maximum absolute atomic E-state index is 13.9. The lowest BCUT2D eigenvalue weighted by molar-refractivity contribution is -0.729. The van der Waals surface area contributed by atoms with E-state index in [1.807, 2.05) is 0 Å². The molecule has 0 spiro atoms. The minimum absolute atomic E-state index is 0.159. The predicted molar refractivity (Wildman–Crippen MR) is 117 cm³/mol. The van der Waals surface area contributed by atoms with Crippen molar-refractivity contribution in [1.82, 2.24) is 0 Å². The summed E-state index contributed by atoms with van der Waals surface area (Å²) in [5, 5.41) is 1.58. The zero-order valence-electron chi connectivity index (χ0n) is 18.5. The standard InChI is InChI=1S/C26H19F3N2O4/c1-35-25(34)22-20-21(24(33)31(23(20)32)19-12-10-18(29)11-13-19)26(30-22,14-2-6-16(27)7-3-14)15-4-8-17(28)9-5-15/h2-13,20-22,30H,1H3/p+1/t20-,21-,22-/m0/s1. The second-order valence-electron chi connectivity index (χ2n) is 8.59. The van der Waals surface area contributed by atoms with Crippen LogP contribution in [0.25, 0.3) is 0 Å². The maximum Gasteiger partial charge on any atom is 0.365 e. The third kappa shape index (κ3) is 3.42. The number of hydrogen-bond acceptors (Lipinski definition) is 4. The second kappa shape index (κ2) is 8.35. The largest absolute Gasteiger partial charge is 0.465 e. The van der Waals surface area contributed by atoms with Gasteiger partial charge < -0.3 is 10.1 Å². The van der Waals surface area contributed by atoms with E-state index in [1.54, 1.807) is 5.32 Å². The van der Waals surface area contributed by atoms with Gasteiger partial charge in [0.15, 0.2) is 11.6 Å². The highest BCUT2D eigenvalue weighted by atomic mass is 19.1. The number of rotatable bonds is 4. The fraction of sp³-hybridized carbons (Fsp3) is 0.192. The molecule has 0 bridgehead atoms. The van der Waals surface area contributed by atoms with Crippen molar-refractivity contribution < 1.29 is 37.6 Å². The number of nitrogens with zero attached hydrogens (tertiary/aromatic N) is 1. The summed E-state index contributed by atoms with van der Waals surface area (Å²) in [5.41, 5.74) is -0.304. The van der Waals surface area contributed by atoms with E-state index in [1.165, 1.54) is 67.8 Å². The lowest BCUT2D eigenvalue weighted by atomic mass is 9.71. The van der Waals surface area contributed by atoms with Crippen LogP contribution in [0.4, 0.5) is 18.9 Å². The molecule has 35 heavy (non-hydrogen) atoms. The van der Waals surface area contributed by atoms with Crippen molar-refractivity contribution in [3.05, 3.63) is 101 Å². The highest BCUT2D eigenvalue weighted by molar-refractivity contribution is 6.23. The average Bonchev–Trinajstić information content (AvgIpc) is 3.35. The van der Waals surface area contributed by atoms with E-state index in [9.17, 15) is 27.6 Å². The first-order valence-corrected chi connectivity index (χ1v) is 10.9. The summed E-state index contributed by atoms with van der Waals surface area (Å²) in [5.74, 6) is -5.76. The van der Waals surface area contributed by atoms with Crippen molar-refractivity contribution in [2.24, 2.45) is 11.8 Å². The fourth-order valence-corrected chi connectivity index (χ4v) is 5.39. The van der Waals surface area contributed by atoms with E-state index in [0.29, 0.717) is 11.1 Å². The van der Waals surface area contributed by atoms with Crippen LogP contribution in [0.5, 0.6) is 0 Å². The predicted octanol–water partition coefficient (Wildman–Crippen LogP) is 2.27. The Morgan fingerprint density at radius 2 is 1.26 bits per heavy atom. The number of carbonyl (C=O) groups is 3. The highest BCUT2D eigenvalue weighted by Gasteiger charge is 2.72. The van der Waals surface area contributed by atoms with Gasteiger partial charge in [-0.2, -0.15) is 0 Å². The number of halogens is 3. The van der Waals surface area contributed by atoms with Gasteiger partial charge in [0.1, 0.15) is 29.3 Å². The van der Waals surface area contributed by atoms with E-state index >= 15 is 0 Å². The van der Waals surface area contributed by atoms with Crippen molar-refractivity contribution in [2.45, 2.75) is 11.6 Å². The zero-order valence-corrected chi connectivity index (χ0v) is 18.5. The molecule has 0 radical (unpaired) electrons. The SMILES string of the molecule is COC(=O)[C@H]1[NH2+]C(c2ccc(F)cc2)(c2ccc(F)cc2)[C@@H]2C(=O)N(c3ccc(F)cc3)C(=O)[C@H]12. The van der Waals surface area contributed by atoms with Crippen LogP contribution < -0.4 is 10.2 Å². The highest BCUT2D eigenvalue weighted by Crippen LogP contribution is 2.48. The molecule has 2 fully saturated rings. The van der Waals surface area contributed by atoms with E-state index in [-0.39, 0.29) is 5.69 Å². The molecule has 0 aromatic heterocycles. The summed E-state index contributed by atoms with van der Waals surface area (Å²) in [6.07, 6.45) is 0. The summed E-state index contributed by atoms with van der Waals surface area (Å²) >= 11 is 0. The number of quaternary nitrogens is 1. The number of anilines is 1. The van der Waals surface area contributed by atoms with Gasteiger partial charge in [0.2, 0.25) is 11.8 Å². The zero-order chi connectivity index (χ0) is 24.9. The Morgan fingerprint density at radius 3 is 1.71 bits per heavy atom. The first-order valence-electron chi connectivity index (χ1n) is 10.9. The third-order valence-electron chi connectivity index (χ3n) is 6.87. The van der Waals surface area contributed by atoms with Gasteiger partial charge in [0.25, 0.3) is 0 Å². The molecule has 0 saturated carbocycles.